The number of hydrogen-bond acceptors (Lipinski definition) is 5. The normalized spacial score (nSPS) is 15.3. The smallest absolute Gasteiger partial charge is 0.187 e. The summed E-state index contributed by atoms with van der Waals surface area (Å²) in [5, 5.41) is 17.7. The predicted molar refractivity (Wildman–Crippen MR) is 102 cm³/mol. The van der Waals surface area contributed by atoms with E-state index in [9.17, 15) is 5.11 Å². The van der Waals surface area contributed by atoms with Crippen molar-refractivity contribution in [2.24, 2.45) is 5.10 Å². The fraction of sp³-hybridized carbons (Fsp3) is 0.500. The molecule has 2 rings (SSSR count). The third-order valence-corrected chi connectivity index (χ3v) is 4.22. The van der Waals surface area contributed by atoms with Gasteiger partial charge in [-0.25, -0.2) is 0 Å². The van der Waals surface area contributed by atoms with Crippen molar-refractivity contribution >= 4 is 35.1 Å². The van der Waals surface area contributed by atoms with E-state index in [0.717, 1.165) is 39.4 Å². The fourth-order valence-electron chi connectivity index (χ4n) is 2.40. The molecule has 25 heavy (non-hydrogen) atoms. The van der Waals surface area contributed by atoms with Gasteiger partial charge in [-0.1, -0.05) is 11.6 Å². The van der Waals surface area contributed by atoms with Crippen LogP contribution < -0.4 is 20.4 Å². The van der Waals surface area contributed by atoms with Crippen molar-refractivity contribution in [1.29, 1.82) is 0 Å². The van der Waals surface area contributed by atoms with E-state index in [2.05, 4.69) is 15.8 Å². The first-order valence-corrected chi connectivity index (χ1v) is 9.02. The monoisotopic (exact) mass is 387 g/mol. The number of hydrogen-bond donors (Lipinski definition) is 4. The Bertz CT molecular complexity index is 609. The summed E-state index contributed by atoms with van der Waals surface area (Å²) in [5.74, 6) is 0.252. The van der Waals surface area contributed by atoms with Crippen LogP contribution in [0, 0.1) is 0 Å². The van der Waals surface area contributed by atoms with Crippen LogP contribution in [0.3, 0.4) is 0 Å². The van der Waals surface area contributed by atoms with E-state index in [-0.39, 0.29) is 10.8 Å². The van der Waals surface area contributed by atoms with Gasteiger partial charge in [0.25, 0.3) is 0 Å². The van der Waals surface area contributed by atoms with Crippen LogP contribution >= 0.6 is 23.8 Å². The lowest BCUT2D eigenvalue weighted by atomic mass is 10.2. The van der Waals surface area contributed by atoms with Crippen molar-refractivity contribution in [2.75, 3.05) is 46.0 Å². The second kappa shape index (κ2) is 10.4. The number of phenolic OH excluding ortho intramolecular Hbond substituents is 1. The van der Waals surface area contributed by atoms with Gasteiger partial charge in [0, 0.05) is 0 Å². The van der Waals surface area contributed by atoms with Crippen LogP contribution in [0.1, 0.15) is 12.5 Å². The molecule has 0 aromatic heterocycles. The minimum Gasteiger partial charge on any atom is -0.503 e. The fourth-order valence-corrected chi connectivity index (χ4v) is 2.78. The van der Waals surface area contributed by atoms with Crippen molar-refractivity contribution in [3.8, 4) is 11.5 Å². The Hall–Kier alpha value is -1.61. The summed E-state index contributed by atoms with van der Waals surface area (Å²) in [4.78, 5) is 1.51. The lowest BCUT2D eigenvalue weighted by Crippen LogP contribution is -3.14. The van der Waals surface area contributed by atoms with Gasteiger partial charge in [-0.05, 0) is 36.8 Å². The van der Waals surface area contributed by atoms with Crippen molar-refractivity contribution < 1.29 is 19.5 Å². The van der Waals surface area contributed by atoms with Crippen LogP contribution in [0.5, 0.6) is 11.5 Å². The van der Waals surface area contributed by atoms with Gasteiger partial charge in [-0.15, -0.1) is 0 Å². The van der Waals surface area contributed by atoms with E-state index in [1.54, 1.807) is 18.3 Å². The van der Waals surface area contributed by atoms with Crippen molar-refractivity contribution in [3.63, 3.8) is 0 Å². The molecule has 0 saturated carbocycles. The number of nitrogens with zero attached hydrogens (tertiary/aromatic N) is 1. The van der Waals surface area contributed by atoms with Gasteiger partial charge < -0.3 is 24.8 Å². The molecule has 1 aliphatic rings. The Morgan fingerprint density at radius 1 is 1.48 bits per heavy atom. The Morgan fingerprint density at radius 2 is 2.24 bits per heavy atom. The van der Waals surface area contributed by atoms with Crippen LogP contribution in [0.4, 0.5) is 0 Å². The first-order chi connectivity index (χ1) is 12.1. The Morgan fingerprint density at radius 3 is 2.96 bits per heavy atom. The molecule has 9 heteroatoms. The molecule has 0 spiro atoms. The zero-order valence-corrected chi connectivity index (χ0v) is 15.8. The highest BCUT2D eigenvalue weighted by Crippen LogP contribution is 2.34. The number of phenols is 1. The summed E-state index contributed by atoms with van der Waals surface area (Å²) in [7, 11) is 0. The number of morpholine rings is 1. The standard InChI is InChI=1S/C16H23ClN4O3S/c1-2-24-14-10-12(9-13(17)15(14)22)11-19-20-16(25)18-3-4-21-5-7-23-8-6-21/h9-11,22H,2-8H2,1H3,(H2,18,20,25)/p+1/b19-11+. The number of thiocarbonyl (C=S) groups is 1. The molecule has 1 aromatic carbocycles. The summed E-state index contributed by atoms with van der Waals surface area (Å²) in [6.45, 7) is 7.73. The second-order valence-corrected chi connectivity index (χ2v) is 6.34. The van der Waals surface area contributed by atoms with Gasteiger partial charge >= 0.3 is 0 Å². The summed E-state index contributed by atoms with van der Waals surface area (Å²) >= 11 is 11.2. The SMILES string of the molecule is CCOc1cc(/C=N/NC(=S)NCC[NH+]2CCOCC2)cc(Cl)c1O. The highest BCUT2D eigenvalue weighted by molar-refractivity contribution is 7.80. The molecule has 4 N–H and O–H groups in total. The van der Waals surface area contributed by atoms with Crippen molar-refractivity contribution in [2.45, 2.75) is 6.92 Å². The van der Waals surface area contributed by atoms with Gasteiger partial charge in [0.2, 0.25) is 0 Å². The van der Waals surface area contributed by atoms with Crippen molar-refractivity contribution in [3.05, 3.63) is 22.7 Å². The second-order valence-electron chi connectivity index (χ2n) is 5.52. The molecule has 0 radical (unpaired) electrons. The molecule has 1 aromatic rings. The number of nitrogens with one attached hydrogen (secondary N) is 3. The molecular formula is C16H24ClN4O3S+. The van der Waals surface area contributed by atoms with E-state index >= 15 is 0 Å². The van der Waals surface area contributed by atoms with E-state index in [1.807, 2.05) is 6.92 Å². The van der Waals surface area contributed by atoms with E-state index in [0.29, 0.717) is 23.0 Å². The minimum absolute atomic E-state index is 0.0728. The van der Waals surface area contributed by atoms with E-state index in [4.69, 9.17) is 33.3 Å². The molecule has 0 unspecified atom stereocenters. The van der Waals surface area contributed by atoms with Gasteiger partial charge in [0.15, 0.2) is 16.6 Å². The Labute approximate surface area is 157 Å². The van der Waals surface area contributed by atoms with Gasteiger partial charge in [-0.2, -0.15) is 5.10 Å². The maximum atomic E-state index is 9.81. The minimum atomic E-state index is -0.0728. The number of halogens is 1. The van der Waals surface area contributed by atoms with Crippen molar-refractivity contribution in [1.82, 2.24) is 10.7 Å². The highest BCUT2D eigenvalue weighted by Gasteiger charge is 2.12. The summed E-state index contributed by atoms with van der Waals surface area (Å²) < 4.78 is 10.7. The molecule has 1 fully saturated rings. The number of hydrazone groups is 1. The third kappa shape index (κ3) is 6.66. The maximum Gasteiger partial charge on any atom is 0.187 e. The maximum absolute atomic E-state index is 9.81. The first-order valence-electron chi connectivity index (χ1n) is 8.23. The predicted octanol–water partition coefficient (Wildman–Crippen LogP) is 0.157. The number of benzene rings is 1. The quantitative estimate of drug-likeness (QED) is 0.303. The summed E-state index contributed by atoms with van der Waals surface area (Å²) in [5.41, 5.74) is 3.46. The molecule has 0 atom stereocenters. The lowest BCUT2D eigenvalue weighted by molar-refractivity contribution is -0.906. The molecule has 1 saturated heterocycles. The third-order valence-electron chi connectivity index (χ3n) is 3.69. The zero-order valence-electron chi connectivity index (χ0n) is 14.2. The molecule has 0 amide bonds. The van der Waals surface area contributed by atoms with Crippen LogP contribution in [0.15, 0.2) is 17.2 Å². The molecule has 138 valence electrons. The van der Waals surface area contributed by atoms with Crippen LogP contribution in [0.2, 0.25) is 5.02 Å². The topological polar surface area (TPSA) is 79.5 Å². The lowest BCUT2D eigenvalue weighted by Gasteiger charge is -2.23. The van der Waals surface area contributed by atoms with E-state index in [1.165, 1.54) is 4.90 Å². The number of ether oxygens (including phenoxy) is 2. The Kier molecular flexibility index (Phi) is 8.20. The van der Waals surface area contributed by atoms with E-state index < -0.39 is 0 Å². The number of quaternary nitrogens is 1. The van der Waals surface area contributed by atoms with Gasteiger partial charge in [-0.3, -0.25) is 5.43 Å². The van der Waals surface area contributed by atoms with Crippen LogP contribution in [-0.4, -0.2) is 62.4 Å². The van der Waals surface area contributed by atoms with Gasteiger partial charge in [0.05, 0.1) is 44.1 Å². The molecule has 0 bridgehead atoms. The molecule has 1 heterocycles. The largest absolute Gasteiger partial charge is 0.503 e. The van der Waals surface area contributed by atoms with Gasteiger partial charge in [0.1, 0.15) is 13.1 Å². The highest BCUT2D eigenvalue weighted by atomic mass is 35.5. The van der Waals surface area contributed by atoms with Crippen LogP contribution in [-0.2, 0) is 4.74 Å². The first kappa shape index (κ1) is 19.7. The number of rotatable bonds is 7. The van der Waals surface area contributed by atoms with Crippen LogP contribution in [0.25, 0.3) is 0 Å². The average molecular weight is 388 g/mol. The summed E-state index contributed by atoms with van der Waals surface area (Å²) in [6.07, 6.45) is 1.56. The molecule has 0 aliphatic carbocycles. The Balaban J connectivity index is 1.76. The summed E-state index contributed by atoms with van der Waals surface area (Å²) in [6, 6.07) is 3.26. The molecular weight excluding hydrogens is 364 g/mol. The zero-order chi connectivity index (χ0) is 18.1. The number of aromatic hydroxyl groups is 1. The molecule has 7 nitrogen and oxygen atoms in total. The average Bonchev–Trinajstić information content (AvgIpc) is 2.60. The molecule has 1 aliphatic heterocycles.